The third-order valence-electron chi connectivity index (χ3n) is 4.61. The summed E-state index contributed by atoms with van der Waals surface area (Å²) in [5.41, 5.74) is 1.86. The van der Waals surface area contributed by atoms with Gasteiger partial charge in [0, 0.05) is 6.54 Å². The van der Waals surface area contributed by atoms with Crippen LogP contribution in [0.25, 0.3) is 11.0 Å². The summed E-state index contributed by atoms with van der Waals surface area (Å²) in [5, 5.41) is 9.53. The highest BCUT2D eigenvalue weighted by Gasteiger charge is 2.36. The largest absolute Gasteiger partial charge is 0.394 e. The predicted octanol–water partition coefficient (Wildman–Crippen LogP) is 1.83. The van der Waals surface area contributed by atoms with Crippen LogP contribution in [0.15, 0.2) is 30.6 Å². The maximum Gasteiger partial charge on any atom is 0.245 e. The van der Waals surface area contributed by atoms with Gasteiger partial charge in [-0.1, -0.05) is 19.1 Å². The average Bonchev–Trinajstić information content (AvgIpc) is 3.09. The van der Waals surface area contributed by atoms with E-state index in [4.69, 9.17) is 0 Å². The SMILES string of the molecule is CC1CCN(C(=O)C(C)n2cnc3ccccc32)C1CO. The van der Waals surface area contributed by atoms with E-state index in [0.717, 1.165) is 24.0 Å². The number of rotatable bonds is 3. The van der Waals surface area contributed by atoms with E-state index >= 15 is 0 Å². The lowest BCUT2D eigenvalue weighted by Gasteiger charge is -2.28. The number of benzene rings is 1. The molecule has 1 saturated heterocycles. The van der Waals surface area contributed by atoms with E-state index in [1.54, 1.807) is 6.33 Å². The molecule has 3 unspecified atom stereocenters. The molecule has 1 fully saturated rings. The minimum absolute atomic E-state index is 0.0320. The number of aliphatic hydroxyl groups excluding tert-OH is 1. The second-order valence-electron chi connectivity index (χ2n) is 5.86. The maximum atomic E-state index is 12.8. The Balaban J connectivity index is 1.88. The van der Waals surface area contributed by atoms with E-state index in [1.165, 1.54) is 0 Å². The summed E-state index contributed by atoms with van der Waals surface area (Å²) < 4.78 is 1.91. The summed E-state index contributed by atoms with van der Waals surface area (Å²) in [4.78, 5) is 18.9. The Labute approximate surface area is 124 Å². The molecule has 0 saturated carbocycles. The molecule has 3 rings (SSSR count). The minimum atomic E-state index is -0.309. The van der Waals surface area contributed by atoms with Gasteiger partial charge in [0.15, 0.2) is 0 Å². The first-order valence-electron chi connectivity index (χ1n) is 7.46. The van der Waals surface area contributed by atoms with Gasteiger partial charge in [-0.05, 0) is 31.4 Å². The first-order valence-corrected chi connectivity index (χ1v) is 7.46. The van der Waals surface area contributed by atoms with Crippen molar-refractivity contribution in [2.45, 2.75) is 32.4 Å². The van der Waals surface area contributed by atoms with Crippen molar-refractivity contribution in [1.29, 1.82) is 0 Å². The van der Waals surface area contributed by atoms with Gasteiger partial charge in [0.2, 0.25) is 5.91 Å². The average molecular weight is 287 g/mol. The van der Waals surface area contributed by atoms with Crippen LogP contribution >= 0.6 is 0 Å². The molecular weight excluding hydrogens is 266 g/mol. The fourth-order valence-corrected chi connectivity index (χ4v) is 3.21. The number of nitrogens with zero attached hydrogens (tertiary/aromatic N) is 3. The molecular formula is C16H21N3O2. The van der Waals surface area contributed by atoms with Crippen LogP contribution in [0.5, 0.6) is 0 Å². The number of hydrogen-bond acceptors (Lipinski definition) is 3. The number of aliphatic hydroxyl groups is 1. The maximum absolute atomic E-state index is 12.8. The lowest BCUT2D eigenvalue weighted by molar-refractivity contribution is -0.136. The molecule has 2 heterocycles. The number of amides is 1. The molecule has 0 bridgehead atoms. The molecule has 1 aliphatic rings. The zero-order valence-corrected chi connectivity index (χ0v) is 12.4. The van der Waals surface area contributed by atoms with Gasteiger partial charge < -0.3 is 14.6 Å². The summed E-state index contributed by atoms with van der Waals surface area (Å²) in [6.07, 6.45) is 2.68. The number of carbonyl (C=O) groups is 1. The highest BCUT2D eigenvalue weighted by atomic mass is 16.3. The molecule has 1 aromatic heterocycles. The topological polar surface area (TPSA) is 58.4 Å². The third-order valence-corrected chi connectivity index (χ3v) is 4.61. The molecule has 5 nitrogen and oxygen atoms in total. The van der Waals surface area contributed by atoms with E-state index in [0.29, 0.717) is 5.92 Å². The molecule has 5 heteroatoms. The van der Waals surface area contributed by atoms with E-state index in [9.17, 15) is 9.90 Å². The van der Waals surface area contributed by atoms with Crippen LogP contribution in [0, 0.1) is 5.92 Å². The Hall–Kier alpha value is -1.88. The normalized spacial score (nSPS) is 23.7. The van der Waals surface area contributed by atoms with Crippen LogP contribution in [0.4, 0.5) is 0 Å². The number of hydrogen-bond donors (Lipinski definition) is 1. The second kappa shape index (κ2) is 5.48. The van der Waals surface area contributed by atoms with Crippen molar-refractivity contribution in [1.82, 2.24) is 14.5 Å². The molecule has 0 radical (unpaired) electrons. The lowest BCUT2D eigenvalue weighted by Crippen LogP contribution is -2.42. The fourth-order valence-electron chi connectivity index (χ4n) is 3.21. The van der Waals surface area contributed by atoms with Crippen LogP contribution in [0.3, 0.4) is 0 Å². The van der Waals surface area contributed by atoms with Gasteiger partial charge in [0.05, 0.1) is 30.0 Å². The number of fused-ring (bicyclic) bond motifs is 1. The van der Waals surface area contributed by atoms with Crippen molar-refractivity contribution in [2.24, 2.45) is 5.92 Å². The van der Waals surface area contributed by atoms with Crippen molar-refractivity contribution >= 4 is 16.9 Å². The van der Waals surface area contributed by atoms with Crippen molar-refractivity contribution in [3.8, 4) is 0 Å². The zero-order chi connectivity index (χ0) is 15.0. The molecule has 0 spiro atoms. The Morgan fingerprint density at radius 3 is 3.00 bits per heavy atom. The molecule has 112 valence electrons. The molecule has 21 heavy (non-hydrogen) atoms. The van der Waals surface area contributed by atoms with Crippen LogP contribution < -0.4 is 0 Å². The number of likely N-dealkylation sites (tertiary alicyclic amines) is 1. The van der Waals surface area contributed by atoms with E-state index < -0.39 is 0 Å². The summed E-state index contributed by atoms with van der Waals surface area (Å²) in [7, 11) is 0. The first-order chi connectivity index (χ1) is 10.1. The summed E-state index contributed by atoms with van der Waals surface area (Å²) in [6.45, 7) is 4.74. The quantitative estimate of drug-likeness (QED) is 0.937. The van der Waals surface area contributed by atoms with Crippen molar-refractivity contribution in [3.63, 3.8) is 0 Å². The molecule has 1 amide bonds. The highest BCUT2D eigenvalue weighted by molar-refractivity contribution is 5.84. The number of aromatic nitrogens is 2. The predicted molar refractivity (Wildman–Crippen MR) is 80.8 cm³/mol. The first kappa shape index (κ1) is 14.1. The van der Waals surface area contributed by atoms with Crippen LogP contribution in [0.2, 0.25) is 0 Å². The standard InChI is InChI=1S/C16H21N3O2/c1-11-7-8-18(15(11)9-20)16(21)12(2)19-10-17-13-5-3-4-6-14(13)19/h3-6,10-12,15,20H,7-9H2,1-2H3. The molecule has 0 aliphatic carbocycles. The monoisotopic (exact) mass is 287 g/mol. The highest BCUT2D eigenvalue weighted by Crippen LogP contribution is 2.27. The van der Waals surface area contributed by atoms with Crippen LogP contribution in [-0.4, -0.2) is 44.7 Å². The Bertz CT molecular complexity index is 652. The smallest absolute Gasteiger partial charge is 0.245 e. The molecule has 1 aromatic carbocycles. The summed E-state index contributed by atoms with van der Waals surface area (Å²) >= 11 is 0. The van der Waals surface area contributed by atoms with Gasteiger partial charge in [-0.3, -0.25) is 4.79 Å². The molecule has 1 aliphatic heterocycles. The third kappa shape index (κ3) is 2.31. The Kier molecular flexibility index (Phi) is 3.68. The Morgan fingerprint density at radius 2 is 2.24 bits per heavy atom. The van der Waals surface area contributed by atoms with Crippen LogP contribution in [-0.2, 0) is 4.79 Å². The van der Waals surface area contributed by atoms with Gasteiger partial charge in [-0.2, -0.15) is 0 Å². The van der Waals surface area contributed by atoms with Crippen molar-refractivity contribution in [3.05, 3.63) is 30.6 Å². The van der Waals surface area contributed by atoms with Crippen LogP contribution in [0.1, 0.15) is 26.3 Å². The van der Waals surface area contributed by atoms with Gasteiger partial charge in [0.1, 0.15) is 6.04 Å². The summed E-state index contributed by atoms with van der Waals surface area (Å²) in [6, 6.07) is 7.44. The number of imidazole rings is 1. The van der Waals surface area contributed by atoms with Gasteiger partial charge >= 0.3 is 0 Å². The van der Waals surface area contributed by atoms with Gasteiger partial charge in [-0.15, -0.1) is 0 Å². The second-order valence-corrected chi connectivity index (χ2v) is 5.86. The fraction of sp³-hybridized carbons (Fsp3) is 0.500. The van der Waals surface area contributed by atoms with E-state index in [2.05, 4.69) is 11.9 Å². The van der Waals surface area contributed by atoms with Crippen molar-refractivity contribution < 1.29 is 9.90 Å². The minimum Gasteiger partial charge on any atom is -0.394 e. The lowest BCUT2D eigenvalue weighted by atomic mass is 10.0. The van der Waals surface area contributed by atoms with Crippen molar-refractivity contribution in [2.75, 3.05) is 13.2 Å². The Morgan fingerprint density at radius 1 is 1.48 bits per heavy atom. The van der Waals surface area contributed by atoms with E-state index in [1.807, 2.05) is 40.7 Å². The molecule has 1 N–H and O–H groups in total. The number of carbonyl (C=O) groups excluding carboxylic acids is 1. The zero-order valence-electron chi connectivity index (χ0n) is 12.4. The molecule has 2 aromatic rings. The summed E-state index contributed by atoms with van der Waals surface area (Å²) in [5.74, 6) is 0.409. The molecule has 3 atom stereocenters. The van der Waals surface area contributed by atoms with Gasteiger partial charge in [-0.25, -0.2) is 4.98 Å². The van der Waals surface area contributed by atoms with E-state index in [-0.39, 0.29) is 24.6 Å². The van der Waals surface area contributed by atoms with Gasteiger partial charge in [0.25, 0.3) is 0 Å². The number of para-hydroxylation sites is 2.